The van der Waals surface area contributed by atoms with E-state index >= 15 is 0 Å². The maximum Gasteiger partial charge on any atom is 0.508 e. The average molecular weight is 217 g/mol. The van der Waals surface area contributed by atoms with Crippen molar-refractivity contribution in [2.45, 2.75) is 33.6 Å². The van der Waals surface area contributed by atoms with E-state index in [2.05, 4.69) is 18.7 Å². The van der Waals surface area contributed by atoms with Crippen molar-refractivity contribution < 1.29 is 14.3 Å². The van der Waals surface area contributed by atoms with Crippen LogP contribution in [0.5, 0.6) is 0 Å². The zero-order chi connectivity index (χ0) is 11.5. The van der Waals surface area contributed by atoms with E-state index in [9.17, 15) is 4.79 Å². The molecule has 0 aliphatic rings. The number of hydrogen-bond acceptors (Lipinski definition) is 4. The summed E-state index contributed by atoms with van der Waals surface area (Å²) in [5.41, 5.74) is 0. The number of nitrogens with zero attached hydrogens (tertiary/aromatic N) is 1. The normalized spacial score (nSPS) is 10.4. The molecule has 15 heavy (non-hydrogen) atoms. The number of carbonyl (C=O) groups excluding carboxylic acids is 1. The van der Waals surface area contributed by atoms with Crippen molar-refractivity contribution in [3.05, 3.63) is 0 Å². The van der Waals surface area contributed by atoms with Crippen molar-refractivity contribution in [2.24, 2.45) is 0 Å². The second kappa shape index (κ2) is 9.77. The van der Waals surface area contributed by atoms with Crippen molar-refractivity contribution in [3.63, 3.8) is 0 Å². The summed E-state index contributed by atoms with van der Waals surface area (Å²) in [6, 6.07) is 0. The second-order valence-electron chi connectivity index (χ2n) is 3.33. The quantitative estimate of drug-likeness (QED) is 0.462. The summed E-state index contributed by atoms with van der Waals surface area (Å²) in [7, 11) is 0. The van der Waals surface area contributed by atoms with Crippen molar-refractivity contribution in [1.29, 1.82) is 0 Å². The molecule has 0 bridgehead atoms. The summed E-state index contributed by atoms with van der Waals surface area (Å²) in [6.45, 7) is 10.1. The van der Waals surface area contributed by atoms with Gasteiger partial charge >= 0.3 is 6.16 Å². The first-order chi connectivity index (χ1) is 7.24. The molecule has 0 aromatic heterocycles. The number of carbonyl (C=O) groups is 1. The van der Waals surface area contributed by atoms with E-state index in [0.717, 1.165) is 32.5 Å². The summed E-state index contributed by atoms with van der Waals surface area (Å²) in [6.07, 6.45) is 1.15. The fraction of sp³-hybridized carbons (Fsp3) is 0.909. The Labute approximate surface area is 92.5 Å². The highest BCUT2D eigenvalue weighted by molar-refractivity contribution is 5.59. The van der Waals surface area contributed by atoms with Gasteiger partial charge in [-0.05, 0) is 25.9 Å². The van der Waals surface area contributed by atoms with Gasteiger partial charge in [0.25, 0.3) is 0 Å². The zero-order valence-corrected chi connectivity index (χ0v) is 10.1. The first-order valence-corrected chi connectivity index (χ1v) is 5.76. The lowest BCUT2D eigenvalue weighted by molar-refractivity contribution is 0.0527. The van der Waals surface area contributed by atoms with Gasteiger partial charge < -0.3 is 14.4 Å². The second-order valence-corrected chi connectivity index (χ2v) is 3.33. The summed E-state index contributed by atoms with van der Waals surface area (Å²) in [5, 5.41) is 0. The van der Waals surface area contributed by atoms with Crippen LogP contribution in [0.1, 0.15) is 33.6 Å². The van der Waals surface area contributed by atoms with E-state index in [1.807, 2.05) is 6.92 Å². The Balaban J connectivity index is 3.33. The number of rotatable bonds is 8. The predicted molar refractivity (Wildman–Crippen MR) is 60.0 cm³/mol. The molecule has 0 rings (SSSR count). The van der Waals surface area contributed by atoms with Crippen LogP contribution in [0.3, 0.4) is 0 Å². The fourth-order valence-electron chi connectivity index (χ4n) is 1.21. The largest absolute Gasteiger partial charge is 0.508 e. The van der Waals surface area contributed by atoms with E-state index in [4.69, 9.17) is 9.47 Å². The molecule has 0 spiro atoms. The van der Waals surface area contributed by atoms with Gasteiger partial charge in [0, 0.05) is 6.54 Å². The Hall–Kier alpha value is -0.770. The highest BCUT2D eigenvalue weighted by Crippen LogP contribution is 1.93. The third-order valence-electron chi connectivity index (χ3n) is 2.16. The highest BCUT2D eigenvalue weighted by atomic mass is 16.7. The number of hydrogen-bond donors (Lipinski definition) is 0. The molecule has 0 N–H and O–H groups in total. The molecular weight excluding hydrogens is 194 g/mol. The van der Waals surface area contributed by atoms with Crippen molar-refractivity contribution in [1.82, 2.24) is 4.90 Å². The van der Waals surface area contributed by atoms with Gasteiger partial charge in [-0.3, -0.25) is 0 Å². The summed E-state index contributed by atoms with van der Waals surface area (Å²) in [5.74, 6) is 0. The van der Waals surface area contributed by atoms with Gasteiger partial charge in [-0.2, -0.15) is 0 Å². The van der Waals surface area contributed by atoms with E-state index < -0.39 is 6.16 Å². The highest BCUT2D eigenvalue weighted by Gasteiger charge is 2.03. The molecule has 0 unspecified atom stereocenters. The first-order valence-electron chi connectivity index (χ1n) is 5.76. The van der Waals surface area contributed by atoms with Crippen LogP contribution in [-0.4, -0.2) is 43.9 Å². The molecular formula is C11H23NO3. The van der Waals surface area contributed by atoms with Gasteiger partial charge in [0.15, 0.2) is 0 Å². The van der Waals surface area contributed by atoms with Gasteiger partial charge in [-0.25, -0.2) is 4.79 Å². The Morgan fingerprint density at radius 3 is 2.20 bits per heavy atom. The lowest BCUT2D eigenvalue weighted by Crippen LogP contribution is -2.25. The molecule has 0 radical (unpaired) electrons. The zero-order valence-electron chi connectivity index (χ0n) is 10.1. The Kier molecular flexibility index (Phi) is 9.27. The van der Waals surface area contributed by atoms with Crippen LogP contribution < -0.4 is 0 Å². The third kappa shape index (κ3) is 8.24. The van der Waals surface area contributed by atoms with Crippen LogP contribution in [0, 0.1) is 0 Å². The lowest BCUT2D eigenvalue weighted by Gasteiger charge is -2.17. The molecule has 90 valence electrons. The minimum atomic E-state index is -0.545. The SMILES string of the molecule is CCCOC(=O)OCCCN(CC)CC. The van der Waals surface area contributed by atoms with E-state index in [1.165, 1.54) is 0 Å². The summed E-state index contributed by atoms with van der Waals surface area (Å²) < 4.78 is 9.67. The lowest BCUT2D eigenvalue weighted by atomic mass is 10.4. The van der Waals surface area contributed by atoms with Gasteiger partial charge in [0.2, 0.25) is 0 Å². The monoisotopic (exact) mass is 217 g/mol. The molecule has 0 aliphatic heterocycles. The molecule has 0 amide bonds. The molecule has 0 fully saturated rings. The number of ether oxygens (including phenoxy) is 2. The first kappa shape index (κ1) is 14.2. The van der Waals surface area contributed by atoms with Crippen LogP contribution in [0.25, 0.3) is 0 Å². The maximum atomic E-state index is 10.9. The van der Waals surface area contributed by atoms with E-state index in [-0.39, 0.29) is 0 Å². The van der Waals surface area contributed by atoms with E-state index in [0.29, 0.717) is 13.2 Å². The Morgan fingerprint density at radius 1 is 1.07 bits per heavy atom. The third-order valence-corrected chi connectivity index (χ3v) is 2.16. The molecule has 4 heteroatoms. The minimum absolute atomic E-state index is 0.439. The molecule has 0 atom stereocenters. The van der Waals surface area contributed by atoms with Gasteiger partial charge in [-0.1, -0.05) is 20.8 Å². The molecule has 0 aliphatic carbocycles. The minimum Gasteiger partial charge on any atom is -0.434 e. The molecule has 0 saturated carbocycles. The average Bonchev–Trinajstić information content (AvgIpc) is 2.26. The molecule has 0 aromatic rings. The molecule has 0 heterocycles. The van der Waals surface area contributed by atoms with Crippen LogP contribution in [0.2, 0.25) is 0 Å². The topological polar surface area (TPSA) is 38.8 Å². The standard InChI is InChI=1S/C11H23NO3/c1-4-9-14-11(13)15-10-7-8-12(5-2)6-3/h4-10H2,1-3H3. The van der Waals surface area contributed by atoms with Crippen LogP contribution in [-0.2, 0) is 9.47 Å². The Morgan fingerprint density at radius 2 is 1.67 bits per heavy atom. The van der Waals surface area contributed by atoms with Crippen molar-refractivity contribution in [2.75, 3.05) is 32.8 Å². The van der Waals surface area contributed by atoms with Crippen LogP contribution >= 0.6 is 0 Å². The summed E-state index contributed by atoms with van der Waals surface area (Å²) >= 11 is 0. The fourth-order valence-corrected chi connectivity index (χ4v) is 1.21. The van der Waals surface area contributed by atoms with Gasteiger partial charge in [0.1, 0.15) is 0 Å². The van der Waals surface area contributed by atoms with Crippen molar-refractivity contribution in [3.8, 4) is 0 Å². The van der Waals surface area contributed by atoms with Crippen LogP contribution in [0.15, 0.2) is 0 Å². The maximum absolute atomic E-state index is 10.9. The van der Waals surface area contributed by atoms with Gasteiger partial charge in [0.05, 0.1) is 13.2 Å². The molecule has 0 aromatic carbocycles. The smallest absolute Gasteiger partial charge is 0.434 e. The van der Waals surface area contributed by atoms with Gasteiger partial charge in [-0.15, -0.1) is 0 Å². The molecule has 0 saturated heterocycles. The van der Waals surface area contributed by atoms with Crippen LogP contribution in [0.4, 0.5) is 4.79 Å². The summed E-state index contributed by atoms with van der Waals surface area (Å²) in [4.78, 5) is 13.2. The Bertz CT molecular complexity index is 158. The van der Waals surface area contributed by atoms with E-state index in [1.54, 1.807) is 0 Å². The predicted octanol–water partition coefficient (Wildman–Crippen LogP) is 2.28. The van der Waals surface area contributed by atoms with Crippen molar-refractivity contribution >= 4 is 6.16 Å². The molecule has 4 nitrogen and oxygen atoms in total.